The number of carbonyl (C=O) groups excluding carboxylic acids is 1. The summed E-state index contributed by atoms with van der Waals surface area (Å²) in [5.74, 6) is 0.507. The molecule has 3 aromatic rings. The minimum absolute atomic E-state index is 0.0412. The zero-order valence-electron chi connectivity index (χ0n) is 16.3. The number of benzene rings is 1. The number of para-hydroxylation sites is 2. The molecule has 2 fully saturated rings. The molecule has 0 spiro atoms. The Morgan fingerprint density at radius 3 is 2.72 bits per heavy atom. The predicted octanol–water partition coefficient (Wildman–Crippen LogP) is 2.12. The van der Waals surface area contributed by atoms with E-state index in [9.17, 15) is 14.7 Å². The number of fused-ring (bicyclic) bond motifs is 2. The molecule has 150 valence electrons. The Morgan fingerprint density at radius 1 is 1.17 bits per heavy atom. The number of likely N-dealkylation sites (tertiary alicyclic amines) is 1. The average Bonchev–Trinajstić information content (AvgIpc) is 3.29. The van der Waals surface area contributed by atoms with Gasteiger partial charge in [0.2, 0.25) is 5.56 Å². The van der Waals surface area contributed by atoms with Crippen molar-refractivity contribution in [2.24, 2.45) is 11.8 Å². The van der Waals surface area contributed by atoms with Crippen LogP contribution in [0.3, 0.4) is 0 Å². The van der Waals surface area contributed by atoms with E-state index in [1.165, 1.54) is 6.07 Å². The zero-order valence-corrected chi connectivity index (χ0v) is 16.3. The van der Waals surface area contributed by atoms with Crippen LogP contribution in [-0.2, 0) is 0 Å². The molecule has 1 amide bonds. The Kier molecular flexibility index (Phi) is 4.28. The molecule has 2 N–H and O–H groups in total. The average molecular weight is 392 g/mol. The van der Waals surface area contributed by atoms with Gasteiger partial charge in [-0.3, -0.25) is 9.59 Å². The number of H-pyrrole nitrogens is 1. The summed E-state index contributed by atoms with van der Waals surface area (Å²) in [7, 11) is 0. The smallest absolute Gasteiger partial charge is 0.254 e. The summed E-state index contributed by atoms with van der Waals surface area (Å²) in [6.07, 6.45) is 2.82. The number of hydrogen-bond acceptors (Lipinski definition) is 4. The van der Waals surface area contributed by atoms with Crippen molar-refractivity contribution in [1.29, 1.82) is 0 Å². The number of pyridine rings is 1. The zero-order chi connectivity index (χ0) is 20.1. The summed E-state index contributed by atoms with van der Waals surface area (Å²) in [5, 5.41) is 10.9. The molecule has 7 heteroatoms. The third kappa shape index (κ3) is 3.15. The topological polar surface area (TPSA) is 91.2 Å². The summed E-state index contributed by atoms with van der Waals surface area (Å²) >= 11 is 0. The molecule has 3 heterocycles. The van der Waals surface area contributed by atoms with Gasteiger partial charge < -0.3 is 19.6 Å². The predicted molar refractivity (Wildman–Crippen MR) is 109 cm³/mol. The molecule has 0 unspecified atom stereocenters. The maximum absolute atomic E-state index is 13.0. The second-order valence-corrected chi connectivity index (χ2v) is 8.39. The highest BCUT2D eigenvalue weighted by molar-refractivity contribution is 5.94. The molecule has 0 bridgehead atoms. The maximum atomic E-state index is 13.0. The quantitative estimate of drug-likeness (QED) is 0.699. The van der Waals surface area contributed by atoms with E-state index < -0.39 is 6.10 Å². The minimum atomic E-state index is -0.467. The van der Waals surface area contributed by atoms with Crippen LogP contribution in [0.2, 0.25) is 0 Å². The second kappa shape index (κ2) is 6.84. The second-order valence-electron chi connectivity index (χ2n) is 8.39. The van der Waals surface area contributed by atoms with E-state index in [1.54, 1.807) is 13.0 Å². The van der Waals surface area contributed by atoms with Crippen LogP contribution in [0.1, 0.15) is 34.9 Å². The van der Waals surface area contributed by atoms with Crippen molar-refractivity contribution in [3.63, 3.8) is 0 Å². The third-order valence-corrected chi connectivity index (χ3v) is 6.46. The third-order valence-electron chi connectivity index (χ3n) is 6.46. The molecular formula is C22H24N4O3. The molecule has 1 aliphatic carbocycles. The van der Waals surface area contributed by atoms with Crippen LogP contribution in [0.25, 0.3) is 11.0 Å². The highest BCUT2D eigenvalue weighted by atomic mass is 16.3. The lowest BCUT2D eigenvalue weighted by atomic mass is 9.77. The van der Waals surface area contributed by atoms with Crippen molar-refractivity contribution >= 4 is 16.9 Å². The Bertz CT molecular complexity index is 1130. The Balaban J connectivity index is 1.37. The number of aromatic nitrogens is 3. The van der Waals surface area contributed by atoms with Gasteiger partial charge in [-0.2, -0.15) is 0 Å². The molecule has 7 nitrogen and oxygen atoms in total. The standard InChI is InChI=1S/C22H24N4O3/c1-13-6-14(9-21(28)24-13)22(29)25-10-15-7-19(20(27)8-16(15)11-25)26-12-23-17-4-2-3-5-18(17)26/h2-6,9,12,15-16,19-20,27H,7-8,10-11H2,1H3,(H,24,28)/t15-,16+,19-,20-/m1/s1. The molecule has 4 atom stereocenters. The number of imidazole rings is 1. The minimum Gasteiger partial charge on any atom is -0.391 e. The van der Waals surface area contributed by atoms with E-state index >= 15 is 0 Å². The molecule has 5 rings (SSSR count). The van der Waals surface area contributed by atoms with Crippen molar-refractivity contribution in [3.8, 4) is 0 Å². The molecule has 0 radical (unpaired) electrons. The first-order chi connectivity index (χ1) is 14.0. The highest BCUT2D eigenvalue weighted by Gasteiger charge is 2.43. The number of aromatic amines is 1. The number of hydrogen-bond donors (Lipinski definition) is 2. The number of rotatable bonds is 2. The van der Waals surface area contributed by atoms with Gasteiger partial charge in [0.05, 0.1) is 29.5 Å². The first-order valence-corrected chi connectivity index (χ1v) is 10.1. The monoisotopic (exact) mass is 392 g/mol. The lowest BCUT2D eigenvalue weighted by Crippen LogP contribution is -2.36. The molecule has 2 aliphatic rings. The molecule has 1 aromatic carbocycles. The number of carbonyl (C=O) groups is 1. The summed E-state index contributed by atoms with van der Waals surface area (Å²) in [6.45, 7) is 3.06. The summed E-state index contributed by atoms with van der Waals surface area (Å²) in [5.41, 5.74) is 2.81. The van der Waals surface area contributed by atoms with Crippen LogP contribution in [0.5, 0.6) is 0 Å². The summed E-state index contributed by atoms with van der Waals surface area (Å²) < 4.78 is 2.08. The van der Waals surface area contributed by atoms with Crippen LogP contribution in [0.4, 0.5) is 0 Å². The van der Waals surface area contributed by atoms with Gasteiger partial charge in [-0.1, -0.05) is 12.1 Å². The molecule has 1 aliphatic heterocycles. The van der Waals surface area contributed by atoms with Gasteiger partial charge >= 0.3 is 0 Å². The van der Waals surface area contributed by atoms with E-state index in [0.717, 1.165) is 17.5 Å². The SMILES string of the molecule is Cc1cc(C(=O)N2C[C@H]3C[C@@H](n4cnc5ccccc54)[C@H](O)C[C@H]3C2)cc(=O)[nH]1. The number of aliphatic hydroxyl groups is 1. The normalized spacial score (nSPS) is 26.6. The Labute approximate surface area is 168 Å². The lowest BCUT2D eigenvalue weighted by Gasteiger charge is -2.36. The van der Waals surface area contributed by atoms with Gasteiger partial charge in [0, 0.05) is 30.4 Å². The molecule has 1 saturated carbocycles. The van der Waals surface area contributed by atoms with Crippen LogP contribution >= 0.6 is 0 Å². The van der Waals surface area contributed by atoms with Gasteiger partial charge in [0.25, 0.3) is 5.91 Å². The van der Waals surface area contributed by atoms with E-state index in [2.05, 4.69) is 14.5 Å². The fourth-order valence-electron chi connectivity index (χ4n) is 5.10. The van der Waals surface area contributed by atoms with E-state index in [1.807, 2.05) is 35.5 Å². The summed E-state index contributed by atoms with van der Waals surface area (Å²) in [4.78, 5) is 33.7. The number of nitrogens with one attached hydrogen (secondary N) is 1. The van der Waals surface area contributed by atoms with Crippen molar-refractivity contribution in [2.45, 2.75) is 31.9 Å². The van der Waals surface area contributed by atoms with Gasteiger partial charge in [-0.25, -0.2) is 4.98 Å². The molecule has 29 heavy (non-hydrogen) atoms. The fraction of sp³-hybridized carbons (Fsp3) is 0.409. The largest absolute Gasteiger partial charge is 0.391 e. The van der Waals surface area contributed by atoms with Gasteiger partial charge in [-0.05, 0) is 49.8 Å². The Morgan fingerprint density at radius 2 is 1.93 bits per heavy atom. The van der Waals surface area contributed by atoms with Crippen LogP contribution in [0.15, 0.2) is 47.5 Å². The van der Waals surface area contributed by atoms with Crippen molar-refractivity contribution in [2.75, 3.05) is 13.1 Å². The summed E-state index contributed by atoms with van der Waals surface area (Å²) in [6, 6.07) is 11.0. The number of aliphatic hydroxyl groups excluding tert-OH is 1. The van der Waals surface area contributed by atoms with Crippen molar-refractivity contribution in [3.05, 3.63) is 64.3 Å². The van der Waals surface area contributed by atoms with E-state index in [0.29, 0.717) is 36.7 Å². The maximum Gasteiger partial charge on any atom is 0.254 e. The van der Waals surface area contributed by atoms with E-state index in [4.69, 9.17) is 0 Å². The van der Waals surface area contributed by atoms with Crippen LogP contribution < -0.4 is 5.56 Å². The van der Waals surface area contributed by atoms with E-state index in [-0.39, 0.29) is 23.4 Å². The molecule has 2 aromatic heterocycles. The first kappa shape index (κ1) is 18.1. The van der Waals surface area contributed by atoms with Crippen LogP contribution in [0, 0.1) is 18.8 Å². The van der Waals surface area contributed by atoms with Crippen molar-refractivity contribution in [1.82, 2.24) is 19.4 Å². The highest BCUT2D eigenvalue weighted by Crippen LogP contribution is 2.42. The van der Waals surface area contributed by atoms with Gasteiger partial charge in [0.1, 0.15) is 0 Å². The Hall–Kier alpha value is -2.93. The number of aryl methyl sites for hydroxylation is 1. The van der Waals surface area contributed by atoms with Gasteiger partial charge in [-0.15, -0.1) is 0 Å². The fourth-order valence-corrected chi connectivity index (χ4v) is 5.10. The number of amides is 1. The molecular weight excluding hydrogens is 368 g/mol. The van der Waals surface area contributed by atoms with Crippen LogP contribution in [-0.4, -0.2) is 49.6 Å². The van der Waals surface area contributed by atoms with Gasteiger partial charge in [0.15, 0.2) is 0 Å². The lowest BCUT2D eigenvalue weighted by molar-refractivity contribution is 0.0374. The van der Waals surface area contributed by atoms with Crippen molar-refractivity contribution < 1.29 is 9.90 Å². The molecule has 1 saturated heterocycles. The first-order valence-electron chi connectivity index (χ1n) is 10.1. The number of nitrogens with zero attached hydrogens (tertiary/aromatic N) is 3.